The van der Waals surface area contributed by atoms with Gasteiger partial charge in [-0.25, -0.2) is 9.40 Å². The van der Waals surface area contributed by atoms with Crippen LogP contribution in [0.2, 0.25) is 0 Å². The van der Waals surface area contributed by atoms with Crippen molar-refractivity contribution in [3.8, 4) is 0 Å². The zero-order valence-corrected chi connectivity index (χ0v) is 10.7. The van der Waals surface area contributed by atoms with E-state index in [1.165, 1.54) is 11.1 Å². The lowest BCUT2D eigenvalue weighted by atomic mass is 9.90. The summed E-state index contributed by atoms with van der Waals surface area (Å²) in [7, 11) is 0. The molecule has 0 aromatic carbocycles. The highest BCUT2D eigenvalue weighted by molar-refractivity contribution is 6.13. The van der Waals surface area contributed by atoms with Gasteiger partial charge in [0.05, 0.1) is 17.5 Å². The van der Waals surface area contributed by atoms with E-state index < -0.39 is 0 Å². The third-order valence-corrected chi connectivity index (χ3v) is 4.01. The molecule has 2 aromatic heterocycles. The fraction of sp³-hybridized carbons (Fsp3) is 0.462. The second kappa shape index (κ2) is 4.31. The number of pyridine rings is 1. The smallest absolute Gasteiger partial charge is 0.0995 e. The first-order chi connectivity index (χ1) is 8.24. The van der Waals surface area contributed by atoms with Crippen molar-refractivity contribution in [2.24, 2.45) is 0 Å². The molecule has 1 saturated heterocycles. The Morgan fingerprint density at radius 1 is 1.35 bits per heavy atom. The molecule has 17 heavy (non-hydrogen) atoms. The molecule has 0 spiro atoms. The highest BCUT2D eigenvalue weighted by Gasteiger charge is 2.19. The van der Waals surface area contributed by atoms with Crippen LogP contribution in [0, 0.1) is 6.92 Å². The van der Waals surface area contributed by atoms with Gasteiger partial charge >= 0.3 is 0 Å². The van der Waals surface area contributed by atoms with E-state index in [9.17, 15) is 0 Å². The van der Waals surface area contributed by atoms with Gasteiger partial charge in [0.25, 0.3) is 0 Å². The van der Waals surface area contributed by atoms with Crippen molar-refractivity contribution in [1.29, 1.82) is 0 Å². The third kappa shape index (κ3) is 2.05. The van der Waals surface area contributed by atoms with Gasteiger partial charge in [-0.2, -0.15) is 0 Å². The fourth-order valence-corrected chi connectivity index (χ4v) is 2.76. The van der Waals surface area contributed by atoms with Gasteiger partial charge < -0.3 is 4.40 Å². The van der Waals surface area contributed by atoms with E-state index in [1.54, 1.807) is 0 Å². The Morgan fingerprint density at radius 2 is 2.12 bits per heavy atom. The van der Waals surface area contributed by atoms with Crippen LogP contribution in [0.5, 0.6) is 0 Å². The van der Waals surface area contributed by atoms with E-state index in [2.05, 4.69) is 34.6 Å². The highest BCUT2D eigenvalue weighted by Crippen LogP contribution is 2.29. The first-order valence-electron chi connectivity index (χ1n) is 6.08. The molecule has 1 aliphatic heterocycles. The molecule has 0 atom stereocenters. The predicted octanol–water partition coefficient (Wildman–Crippen LogP) is 2.98. The summed E-state index contributed by atoms with van der Waals surface area (Å²) in [4.78, 5) is 4.33. The molecule has 0 bridgehead atoms. The Balaban J connectivity index is 1.92. The van der Waals surface area contributed by atoms with Crippen LogP contribution in [0.25, 0.3) is 5.52 Å². The van der Waals surface area contributed by atoms with Crippen LogP contribution in [0.3, 0.4) is 0 Å². The van der Waals surface area contributed by atoms with Crippen molar-refractivity contribution in [2.75, 3.05) is 13.1 Å². The molecule has 1 fully saturated rings. The van der Waals surface area contributed by atoms with Gasteiger partial charge in [-0.05, 0) is 55.2 Å². The van der Waals surface area contributed by atoms with Gasteiger partial charge in [0.1, 0.15) is 0 Å². The minimum atomic E-state index is 0.643. The molecule has 4 heteroatoms. The van der Waals surface area contributed by atoms with E-state index in [0.717, 1.165) is 31.6 Å². The summed E-state index contributed by atoms with van der Waals surface area (Å²) < 4.78 is 3.97. The Bertz CT molecular complexity index is 526. The van der Waals surface area contributed by atoms with Crippen LogP contribution in [-0.4, -0.2) is 26.9 Å². The molecule has 0 aliphatic carbocycles. The molecule has 0 N–H and O–H groups in total. The number of rotatable bonds is 1. The summed E-state index contributed by atoms with van der Waals surface area (Å²) in [6.07, 6.45) is 6.27. The Kier molecular flexibility index (Phi) is 2.81. The number of hydrogen-bond acceptors (Lipinski definition) is 2. The van der Waals surface area contributed by atoms with Crippen LogP contribution in [0.1, 0.15) is 30.0 Å². The minimum Gasteiger partial charge on any atom is -0.306 e. The van der Waals surface area contributed by atoms with E-state index >= 15 is 0 Å². The molecule has 3 heterocycles. The molecular weight excluding hydrogens is 234 g/mol. The Hall–Kier alpha value is -1.06. The van der Waals surface area contributed by atoms with Gasteiger partial charge in [0.15, 0.2) is 0 Å². The van der Waals surface area contributed by atoms with Gasteiger partial charge in [-0.1, -0.05) is 0 Å². The Morgan fingerprint density at radius 3 is 2.88 bits per heavy atom. The Labute approximate surface area is 106 Å². The maximum atomic E-state index is 5.99. The van der Waals surface area contributed by atoms with Gasteiger partial charge in [0, 0.05) is 19.3 Å². The van der Waals surface area contributed by atoms with E-state index in [1.807, 2.05) is 10.7 Å². The lowest BCUT2D eigenvalue weighted by molar-refractivity contribution is 0.336. The average Bonchev–Trinajstić information content (AvgIpc) is 2.72. The van der Waals surface area contributed by atoms with Gasteiger partial charge in [-0.15, -0.1) is 0 Å². The topological polar surface area (TPSA) is 20.5 Å². The number of hydrogen-bond donors (Lipinski definition) is 0. The van der Waals surface area contributed by atoms with Gasteiger partial charge in [-0.3, -0.25) is 0 Å². The lowest BCUT2D eigenvalue weighted by Gasteiger charge is -2.27. The van der Waals surface area contributed by atoms with E-state index in [4.69, 9.17) is 11.8 Å². The fourth-order valence-electron chi connectivity index (χ4n) is 2.57. The van der Waals surface area contributed by atoms with Crippen molar-refractivity contribution in [1.82, 2.24) is 13.8 Å². The molecule has 1 aliphatic rings. The predicted molar refractivity (Wildman–Crippen MR) is 69.3 cm³/mol. The lowest BCUT2D eigenvalue weighted by Crippen LogP contribution is -2.25. The summed E-state index contributed by atoms with van der Waals surface area (Å²) >= 11 is 5.99. The van der Waals surface area contributed by atoms with Crippen molar-refractivity contribution >= 4 is 17.3 Å². The van der Waals surface area contributed by atoms with Crippen molar-refractivity contribution in [2.45, 2.75) is 25.7 Å². The van der Waals surface area contributed by atoms with Crippen LogP contribution in [0.15, 0.2) is 24.7 Å². The first-order valence-corrected chi connectivity index (χ1v) is 6.42. The van der Waals surface area contributed by atoms with Crippen molar-refractivity contribution in [3.63, 3.8) is 0 Å². The SMILES string of the molecule is Cc1ncn2ccc(C3CCN(Cl)CC3)cc12. The largest absolute Gasteiger partial charge is 0.306 e. The maximum Gasteiger partial charge on any atom is 0.0995 e. The normalized spacial score (nSPS) is 18.9. The van der Waals surface area contributed by atoms with Crippen LogP contribution in [0.4, 0.5) is 0 Å². The summed E-state index contributed by atoms with van der Waals surface area (Å²) in [5, 5.41) is 0. The summed E-state index contributed by atoms with van der Waals surface area (Å²) in [5.74, 6) is 0.643. The van der Waals surface area contributed by atoms with Gasteiger partial charge in [0.2, 0.25) is 0 Å². The third-order valence-electron chi connectivity index (χ3n) is 3.67. The number of nitrogens with zero attached hydrogens (tertiary/aromatic N) is 3. The van der Waals surface area contributed by atoms with E-state index in [0.29, 0.717) is 5.92 Å². The molecule has 0 radical (unpaired) electrons. The zero-order chi connectivity index (χ0) is 11.8. The van der Waals surface area contributed by atoms with Crippen LogP contribution < -0.4 is 0 Å². The number of aromatic nitrogens is 2. The van der Waals surface area contributed by atoms with Crippen molar-refractivity contribution < 1.29 is 0 Å². The minimum absolute atomic E-state index is 0.643. The second-order valence-corrected chi connectivity index (χ2v) is 5.24. The van der Waals surface area contributed by atoms with Crippen LogP contribution >= 0.6 is 11.8 Å². The van der Waals surface area contributed by atoms with Crippen LogP contribution in [-0.2, 0) is 0 Å². The first kappa shape index (κ1) is 11.1. The summed E-state index contributed by atoms with van der Waals surface area (Å²) in [6.45, 7) is 4.02. The summed E-state index contributed by atoms with van der Waals surface area (Å²) in [6, 6.07) is 4.49. The summed E-state index contributed by atoms with van der Waals surface area (Å²) in [5.41, 5.74) is 3.74. The number of aryl methyl sites for hydroxylation is 1. The molecule has 0 unspecified atom stereocenters. The number of imidazole rings is 1. The number of halogens is 1. The highest BCUT2D eigenvalue weighted by atomic mass is 35.5. The molecule has 3 rings (SSSR count). The van der Waals surface area contributed by atoms with Crippen molar-refractivity contribution in [3.05, 3.63) is 35.9 Å². The molecular formula is C13H16ClN3. The second-order valence-electron chi connectivity index (χ2n) is 4.77. The zero-order valence-electron chi connectivity index (χ0n) is 9.93. The maximum absolute atomic E-state index is 5.99. The van der Waals surface area contributed by atoms with E-state index in [-0.39, 0.29) is 0 Å². The monoisotopic (exact) mass is 249 g/mol. The quantitative estimate of drug-likeness (QED) is 0.725. The standard InChI is InChI=1S/C13H16ClN3/c1-10-13-8-12(2-5-16(13)9-15-10)11-3-6-17(14)7-4-11/h2,5,8-9,11H,3-4,6-7H2,1H3. The molecule has 0 amide bonds. The molecule has 2 aromatic rings. The molecule has 3 nitrogen and oxygen atoms in total. The molecule has 90 valence electrons. The number of fused-ring (bicyclic) bond motifs is 1. The average molecular weight is 250 g/mol. The number of piperidine rings is 1. The molecule has 0 saturated carbocycles.